The second-order valence-corrected chi connectivity index (χ2v) is 9.67. The minimum Gasteiger partial charge on any atom is -0.307 e. The van der Waals surface area contributed by atoms with Gasteiger partial charge in [0.2, 0.25) is 0 Å². The zero-order chi connectivity index (χ0) is 21.0. The quantitative estimate of drug-likeness (QED) is 0.327. The highest BCUT2D eigenvalue weighted by molar-refractivity contribution is 7.85. The van der Waals surface area contributed by atoms with Gasteiger partial charge in [-0.3, -0.25) is 4.98 Å². The van der Waals surface area contributed by atoms with E-state index >= 15 is 0 Å². The SMILES string of the molecule is Cc1cccnc1P(=O)(c1ccccc1)c1ccccc1C=Cc1ccc(F)cc1. The number of halogens is 1. The summed E-state index contributed by atoms with van der Waals surface area (Å²) in [6.07, 6.45) is 5.52. The molecule has 3 aromatic carbocycles. The molecule has 1 heterocycles. The van der Waals surface area contributed by atoms with Crippen molar-refractivity contribution < 1.29 is 8.96 Å². The maximum Gasteiger partial charge on any atom is 0.189 e. The van der Waals surface area contributed by atoms with E-state index in [1.54, 1.807) is 18.3 Å². The Morgan fingerprint density at radius 3 is 2.23 bits per heavy atom. The Kier molecular flexibility index (Phi) is 5.74. The van der Waals surface area contributed by atoms with Crippen LogP contribution in [0.25, 0.3) is 12.2 Å². The van der Waals surface area contributed by atoms with E-state index in [-0.39, 0.29) is 5.82 Å². The largest absolute Gasteiger partial charge is 0.307 e. The third-order valence-electron chi connectivity index (χ3n) is 5.00. The van der Waals surface area contributed by atoms with Crippen molar-refractivity contribution in [3.8, 4) is 0 Å². The fourth-order valence-corrected chi connectivity index (χ4v) is 6.45. The van der Waals surface area contributed by atoms with E-state index in [4.69, 9.17) is 0 Å². The molecule has 2 nitrogen and oxygen atoms in total. The monoisotopic (exact) mass is 413 g/mol. The summed E-state index contributed by atoms with van der Waals surface area (Å²) in [4.78, 5) is 4.54. The standard InChI is InChI=1S/C26H21FNOP/c1-20-8-7-19-28-26(20)30(29,24-10-3-2-4-11-24)25-12-6-5-9-22(25)16-13-21-14-17-23(27)18-15-21/h2-19H,1H3. The van der Waals surface area contributed by atoms with Crippen LogP contribution in [-0.4, -0.2) is 4.98 Å². The Morgan fingerprint density at radius 2 is 1.50 bits per heavy atom. The lowest BCUT2D eigenvalue weighted by Gasteiger charge is -2.22. The second-order valence-electron chi connectivity index (χ2n) is 7.03. The maximum absolute atomic E-state index is 14.8. The average molecular weight is 413 g/mol. The molecule has 1 aromatic heterocycles. The highest BCUT2D eigenvalue weighted by Crippen LogP contribution is 2.43. The Bertz CT molecular complexity index is 1230. The molecule has 0 amide bonds. The van der Waals surface area contributed by atoms with E-state index < -0.39 is 7.14 Å². The van der Waals surface area contributed by atoms with Gasteiger partial charge in [0.25, 0.3) is 0 Å². The van der Waals surface area contributed by atoms with E-state index in [1.165, 1.54) is 12.1 Å². The van der Waals surface area contributed by atoms with Gasteiger partial charge >= 0.3 is 0 Å². The number of hydrogen-bond acceptors (Lipinski definition) is 2. The van der Waals surface area contributed by atoms with Crippen molar-refractivity contribution in [3.05, 3.63) is 120 Å². The molecular weight excluding hydrogens is 392 g/mol. The predicted octanol–water partition coefficient (Wildman–Crippen LogP) is 5.34. The summed E-state index contributed by atoms with van der Waals surface area (Å²) in [7, 11) is -3.20. The Morgan fingerprint density at radius 1 is 0.800 bits per heavy atom. The van der Waals surface area contributed by atoms with Crippen molar-refractivity contribution in [3.63, 3.8) is 0 Å². The first kappa shape index (κ1) is 20.0. The third-order valence-corrected chi connectivity index (χ3v) is 8.18. The number of nitrogens with zero attached hydrogens (tertiary/aromatic N) is 1. The molecule has 0 radical (unpaired) electrons. The molecule has 0 saturated heterocycles. The van der Waals surface area contributed by atoms with Crippen molar-refractivity contribution >= 4 is 35.3 Å². The van der Waals surface area contributed by atoms with Gasteiger partial charge in [-0.25, -0.2) is 4.39 Å². The van der Waals surface area contributed by atoms with E-state index in [0.717, 1.165) is 27.3 Å². The maximum atomic E-state index is 14.8. The van der Waals surface area contributed by atoms with E-state index in [9.17, 15) is 8.96 Å². The van der Waals surface area contributed by atoms with Crippen molar-refractivity contribution in [2.24, 2.45) is 0 Å². The predicted molar refractivity (Wildman–Crippen MR) is 124 cm³/mol. The fourth-order valence-electron chi connectivity index (χ4n) is 3.50. The van der Waals surface area contributed by atoms with E-state index in [1.807, 2.05) is 85.8 Å². The van der Waals surface area contributed by atoms with Crippen LogP contribution in [0.15, 0.2) is 97.2 Å². The molecule has 0 aliphatic heterocycles. The molecule has 0 fully saturated rings. The molecule has 4 aromatic rings. The van der Waals surface area contributed by atoms with Crippen LogP contribution < -0.4 is 16.0 Å². The second kappa shape index (κ2) is 8.61. The van der Waals surface area contributed by atoms with Gasteiger partial charge in [0.1, 0.15) is 11.3 Å². The molecule has 0 N–H and O–H groups in total. The van der Waals surface area contributed by atoms with Gasteiger partial charge in [-0.05, 0) is 41.8 Å². The van der Waals surface area contributed by atoms with Crippen LogP contribution in [0.3, 0.4) is 0 Å². The van der Waals surface area contributed by atoms with Crippen LogP contribution in [0, 0.1) is 12.7 Å². The lowest BCUT2D eigenvalue weighted by atomic mass is 10.1. The molecule has 1 unspecified atom stereocenters. The highest BCUT2D eigenvalue weighted by Gasteiger charge is 2.33. The van der Waals surface area contributed by atoms with Crippen molar-refractivity contribution in [1.29, 1.82) is 0 Å². The van der Waals surface area contributed by atoms with Gasteiger partial charge in [0.05, 0.1) is 0 Å². The Balaban J connectivity index is 1.90. The number of hydrogen-bond donors (Lipinski definition) is 0. The number of aromatic nitrogens is 1. The minimum atomic E-state index is -3.20. The van der Waals surface area contributed by atoms with Crippen molar-refractivity contribution in [2.45, 2.75) is 6.92 Å². The Hall–Kier alpha value is -3.29. The normalized spacial score (nSPS) is 13.3. The van der Waals surface area contributed by atoms with Gasteiger partial charge in [0.15, 0.2) is 7.14 Å². The summed E-state index contributed by atoms with van der Waals surface area (Å²) in [5, 5.41) is 1.48. The molecule has 4 rings (SSSR count). The molecule has 0 bridgehead atoms. The summed E-state index contributed by atoms with van der Waals surface area (Å²) in [5.74, 6) is -0.272. The third kappa shape index (κ3) is 3.90. The zero-order valence-electron chi connectivity index (χ0n) is 16.6. The molecular formula is C26H21FNOP. The molecule has 148 valence electrons. The smallest absolute Gasteiger partial charge is 0.189 e. The molecule has 30 heavy (non-hydrogen) atoms. The zero-order valence-corrected chi connectivity index (χ0v) is 17.5. The minimum absolute atomic E-state index is 0.272. The van der Waals surface area contributed by atoms with Crippen LogP contribution in [0.1, 0.15) is 16.7 Å². The van der Waals surface area contributed by atoms with Crippen molar-refractivity contribution in [1.82, 2.24) is 4.98 Å². The van der Waals surface area contributed by atoms with Gasteiger partial charge in [-0.15, -0.1) is 0 Å². The van der Waals surface area contributed by atoms with Crippen LogP contribution in [0.4, 0.5) is 4.39 Å². The molecule has 4 heteroatoms. The molecule has 0 aliphatic rings. The fraction of sp³-hybridized carbons (Fsp3) is 0.0385. The highest BCUT2D eigenvalue weighted by atomic mass is 31.2. The summed E-state index contributed by atoms with van der Waals surface area (Å²) < 4.78 is 28.0. The first-order chi connectivity index (χ1) is 14.6. The van der Waals surface area contributed by atoms with Gasteiger partial charge in [0, 0.05) is 16.8 Å². The number of aryl methyl sites for hydroxylation is 1. The van der Waals surface area contributed by atoms with E-state index in [2.05, 4.69) is 4.98 Å². The van der Waals surface area contributed by atoms with Crippen LogP contribution in [-0.2, 0) is 4.57 Å². The first-order valence-electron chi connectivity index (χ1n) is 9.70. The Labute approximate surface area is 176 Å². The number of benzene rings is 3. The summed E-state index contributed by atoms with van der Waals surface area (Å²) in [5.41, 5.74) is 3.20. The van der Waals surface area contributed by atoms with Gasteiger partial charge < -0.3 is 4.57 Å². The number of rotatable bonds is 5. The van der Waals surface area contributed by atoms with Gasteiger partial charge in [-0.1, -0.05) is 84.9 Å². The lowest BCUT2D eigenvalue weighted by Crippen LogP contribution is -2.29. The van der Waals surface area contributed by atoms with Gasteiger partial charge in [-0.2, -0.15) is 0 Å². The van der Waals surface area contributed by atoms with Crippen LogP contribution in [0.2, 0.25) is 0 Å². The van der Waals surface area contributed by atoms with E-state index in [0.29, 0.717) is 5.44 Å². The molecule has 0 saturated carbocycles. The summed E-state index contributed by atoms with van der Waals surface area (Å²) in [6.45, 7) is 1.94. The average Bonchev–Trinajstić information content (AvgIpc) is 2.79. The van der Waals surface area contributed by atoms with Crippen LogP contribution in [0.5, 0.6) is 0 Å². The molecule has 1 atom stereocenters. The molecule has 0 spiro atoms. The number of pyridine rings is 1. The van der Waals surface area contributed by atoms with Crippen molar-refractivity contribution in [2.75, 3.05) is 0 Å². The summed E-state index contributed by atoms with van der Waals surface area (Å²) >= 11 is 0. The summed E-state index contributed by atoms with van der Waals surface area (Å²) in [6, 6.07) is 27.3. The first-order valence-corrected chi connectivity index (χ1v) is 11.4. The lowest BCUT2D eigenvalue weighted by molar-refractivity contribution is 0.592. The molecule has 0 aliphatic carbocycles. The topological polar surface area (TPSA) is 30.0 Å². The van der Waals surface area contributed by atoms with Crippen LogP contribution >= 0.6 is 7.14 Å².